The van der Waals surface area contributed by atoms with Crippen molar-refractivity contribution in [3.8, 4) is 5.75 Å². The van der Waals surface area contributed by atoms with Gasteiger partial charge in [0.05, 0.1) is 17.1 Å². The van der Waals surface area contributed by atoms with Crippen LogP contribution >= 0.6 is 0 Å². The number of aliphatic hydroxyl groups is 1. The predicted octanol–water partition coefficient (Wildman–Crippen LogP) is 4.13. The van der Waals surface area contributed by atoms with Crippen molar-refractivity contribution in [2.45, 2.75) is 50.9 Å². The van der Waals surface area contributed by atoms with Crippen LogP contribution in [0.3, 0.4) is 0 Å². The zero-order valence-corrected chi connectivity index (χ0v) is 15.3. The topological polar surface area (TPSA) is 84.6 Å². The Labute approximate surface area is 159 Å². The van der Waals surface area contributed by atoms with Gasteiger partial charge in [-0.25, -0.2) is 0 Å². The number of aliphatic hydroxyl groups excluding tert-OH is 1. The molecule has 2 aromatic carbocycles. The van der Waals surface area contributed by atoms with Gasteiger partial charge in [-0.05, 0) is 30.0 Å². The summed E-state index contributed by atoms with van der Waals surface area (Å²) in [6.45, 7) is 0.696. The van der Waals surface area contributed by atoms with E-state index in [-0.39, 0.29) is 5.69 Å². The Morgan fingerprint density at radius 3 is 2.59 bits per heavy atom. The molecule has 0 spiro atoms. The minimum Gasteiger partial charge on any atom is -0.489 e. The average molecular weight is 370 g/mol. The summed E-state index contributed by atoms with van der Waals surface area (Å²) in [4.78, 5) is 10.8. The first-order valence-electron chi connectivity index (χ1n) is 9.49. The second-order valence-electron chi connectivity index (χ2n) is 7.05. The zero-order chi connectivity index (χ0) is 19.1. The van der Waals surface area contributed by atoms with Gasteiger partial charge in [0.25, 0.3) is 5.69 Å². The first kappa shape index (κ1) is 19.3. The van der Waals surface area contributed by atoms with E-state index in [9.17, 15) is 15.2 Å². The van der Waals surface area contributed by atoms with Gasteiger partial charge < -0.3 is 15.2 Å². The van der Waals surface area contributed by atoms with Crippen molar-refractivity contribution >= 4 is 5.69 Å². The van der Waals surface area contributed by atoms with Crippen LogP contribution in [0.2, 0.25) is 0 Å². The molecule has 2 N–H and O–H groups in total. The molecule has 1 fully saturated rings. The number of non-ortho nitro benzene ring substituents is 1. The number of benzene rings is 2. The van der Waals surface area contributed by atoms with E-state index in [1.54, 1.807) is 6.07 Å². The average Bonchev–Trinajstić information content (AvgIpc) is 2.71. The molecule has 144 valence electrons. The van der Waals surface area contributed by atoms with Crippen LogP contribution in [-0.2, 0) is 6.61 Å². The lowest BCUT2D eigenvalue weighted by Gasteiger charge is -2.24. The quantitative estimate of drug-likeness (QED) is 0.539. The second-order valence-corrected chi connectivity index (χ2v) is 7.05. The van der Waals surface area contributed by atoms with Gasteiger partial charge in [0.1, 0.15) is 12.4 Å². The van der Waals surface area contributed by atoms with Gasteiger partial charge in [0.15, 0.2) is 0 Å². The lowest BCUT2D eigenvalue weighted by molar-refractivity contribution is -0.385. The zero-order valence-electron chi connectivity index (χ0n) is 15.3. The summed E-state index contributed by atoms with van der Waals surface area (Å²) in [5.74, 6) is 0.389. The summed E-state index contributed by atoms with van der Waals surface area (Å²) >= 11 is 0. The van der Waals surface area contributed by atoms with Crippen molar-refractivity contribution in [2.75, 3.05) is 6.54 Å². The summed E-state index contributed by atoms with van der Waals surface area (Å²) < 4.78 is 5.73. The van der Waals surface area contributed by atoms with E-state index in [0.29, 0.717) is 30.5 Å². The molecule has 0 heterocycles. The smallest absolute Gasteiger partial charge is 0.273 e. The van der Waals surface area contributed by atoms with Gasteiger partial charge in [-0.15, -0.1) is 0 Å². The molecular formula is C21H26N2O4. The third kappa shape index (κ3) is 5.77. The molecule has 1 unspecified atom stereocenters. The number of rotatable bonds is 8. The van der Waals surface area contributed by atoms with E-state index < -0.39 is 11.0 Å². The Morgan fingerprint density at radius 1 is 1.15 bits per heavy atom. The molecule has 3 rings (SSSR count). The van der Waals surface area contributed by atoms with Gasteiger partial charge in [0, 0.05) is 18.7 Å². The van der Waals surface area contributed by atoms with Gasteiger partial charge in [-0.1, -0.05) is 49.6 Å². The Kier molecular flexibility index (Phi) is 6.79. The maximum absolute atomic E-state index is 11.3. The molecule has 27 heavy (non-hydrogen) atoms. The predicted molar refractivity (Wildman–Crippen MR) is 104 cm³/mol. The molecule has 6 heteroatoms. The Bertz CT molecular complexity index is 745. The van der Waals surface area contributed by atoms with Crippen LogP contribution in [0.15, 0.2) is 48.5 Å². The number of nitro groups is 1. The fourth-order valence-corrected chi connectivity index (χ4v) is 3.43. The highest BCUT2D eigenvalue weighted by atomic mass is 16.6. The number of ether oxygens (including phenoxy) is 1. The van der Waals surface area contributed by atoms with Gasteiger partial charge in [-0.3, -0.25) is 10.1 Å². The summed E-state index contributed by atoms with van der Waals surface area (Å²) in [7, 11) is 0. The molecule has 0 amide bonds. The van der Waals surface area contributed by atoms with Gasteiger partial charge in [0.2, 0.25) is 0 Å². The van der Waals surface area contributed by atoms with Crippen molar-refractivity contribution in [1.82, 2.24) is 5.32 Å². The van der Waals surface area contributed by atoms with E-state index in [1.165, 1.54) is 31.4 Å². The second kappa shape index (κ2) is 9.48. The number of nitrogens with zero attached hydrogens (tertiary/aromatic N) is 1. The van der Waals surface area contributed by atoms with Crippen molar-refractivity contribution in [2.24, 2.45) is 0 Å². The van der Waals surface area contributed by atoms with E-state index in [2.05, 4.69) is 5.32 Å². The molecule has 2 aromatic rings. The third-order valence-corrected chi connectivity index (χ3v) is 4.96. The molecular weight excluding hydrogens is 344 g/mol. The van der Waals surface area contributed by atoms with Crippen LogP contribution in [-0.4, -0.2) is 22.6 Å². The minimum absolute atomic E-state index is 0.0766. The lowest BCUT2D eigenvalue weighted by Crippen LogP contribution is -2.34. The number of hydrogen-bond donors (Lipinski definition) is 2. The van der Waals surface area contributed by atoms with E-state index in [1.807, 2.05) is 30.3 Å². The van der Waals surface area contributed by atoms with Crippen LogP contribution in [0, 0.1) is 10.1 Å². The monoisotopic (exact) mass is 370 g/mol. The third-order valence-electron chi connectivity index (χ3n) is 4.96. The maximum atomic E-state index is 11.3. The van der Waals surface area contributed by atoms with Crippen molar-refractivity contribution < 1.29 is 14.8 Å². The summed E-state index contributed by atoms with van der Waals surface area (Å²) in [6, 6.07) is 14.5. The number of hydrogen-bond acceptors (Lipinski definition) is 5. The number of nitro benzene ring substituents is 1. The summed E-state index contributed by atoms with van der Waals surface area (Å²) in [5.41, 5.74) is 1.40. The van der Waals surface area contributed by atoms with E-state index in [0.717, 1.165) is 18.4 Å². The van der Waals surface area contributed by atoms with Crippen molar-refractivity contribution in [1.29, 1.82) is 0 Å². The maximum Gasteiger partial charge on any atom is 0.273 e. The Morgan fingerprint density at radius 2 is 1.89 bits per heavy atom. The molecule has 0 aromatic heterocycles. The van der Waals surface area contributed by atoms with Gasteiger partial charge >= 0.3 is 0 Å². The largest absolute Gasteiger partial charge is 0.489 e. The highest BCUT2D eigenvalue weighted by molar-refractivity contribution is 5.43. The Hall–Kier alpha value is -2.44. The van der Waals surface area contributed by atoms with Crippen LogP contribution in [0.1, 0.15) is 49.3 Å². The van der Waals surface area contributed by atoms with E-state index in [4.69, 9.17) is 4.74 Å². The molecule has 0 aliphatic heterocycles. The molecule has 1 saturated carbocycles. The summed E-state index contributed by atoms with van der Waals surface area (Å²) in [6.07, 6.45) is 5.11. The summed E-state index contributed by atoms with van der Waals surface area (Å²) in [5, 5.41) is 25.2. The van der Waals surface area contributed by atoms with Crippen LogP contribution in [0.4, 0.5) is 5.69 Å². The molecule has 0 saturated heterocycles. The van der Waals surface area contributed by atoms with Gasteiger partial charge in [-0.2, -0.15) is 0 Å². The van der Waals surface area contributed by atoms with Crippen LogP contribution in [0.5, 0.6) is 5.75 Å². The highest BCUT2D eigenvalue weighted by Gasteiger charge is 2.18. The van der Waals surface area contributed by atoms with Crippen LogP contribution < -0.4 is 10.1 Å². The molecule has 0 bridgehead atoms. The first-order chi connectivity index (χ1) is 13.1. The molecule has 0 radical (unpaired) electrons. The lowest BCUT2D eigenvalue weighted by atomic mass is 9.95. The minimum atomic E-state index is -0.814. The van der Waals surface area contributed by atoms with Crippen LogP contribution in [0.25, 0.3) is 0 Å². The first-order valence-corrected chi connectivity index (χ1v) is 9.49. The molecule has 1 aliphatic carbocycles. The number of nitrogens with one attached hydrogen (secondary N) is 1. The van der Waals surface area contributed by atoms with Crippen molar-refractivity contribution in [3.63, 3.8) is 0 Å². The fourth-order valence-electron chi connectivity index (χ4n) is 3.43. The Balaban J connectivity index is 1.67. The normalized spacial score (nSPS) is 16.0. The van der Waals surface area contributed by atoms with E-state index >= 15 is 0 Å². The fraction of sp³-hybridized carbons (Fsp3) is 0.429. The molecule has 1 aliphatic rings. The standard InChI is InChI=1S/C21H26N2O4/c24-21(14-22-18-9-5-2-6-10-18)17-11-19(23(25)26)13-20(12-17)27-15-16-7-3-1-4-8-16/h1,3-4,7-8,11-13,18,21-22,24H,2,5-6,9-10,14-15H2. The van der Waals surface area contributed by atoms with Crippen molar-refractivity contribution in [3.05, 3.63) is 69.8 Å². The SMILES string of the molecule is O=[N+]([O-])c1cc(OCc2ccccc2)cc(C(O)CNC2CCCCC2)c1. The molecule has 1 atom stereocenters. The highest BCUT2D eigenvalue weighted by Crippen LogP contribution is 2.27. The molecule has 6 nitrogen and oxygen atoms in total.